The number of fused-ring (bicyclic) bond motifs is 1. The third-order valence-electron chi connectivity index (χ3n) is 5.23. The Morgan fingerprint density at radius 3 is 2.47 bits per heavy atom. The number of benzene rings is 2. The Morgan fingerprint density at radius 2 is 1.73 bits per heavy atom. The zero-order valence-corrected chi connectivity index (χ0v) is 17.0. The first kappa shape index (κ1) is 18.4. The molecule has 0 unspecified atom stereocenters. The minimum absolute atomic E-state index is 0.650. The number of para-hydroxylation sites is 1. The van der Waals surface area contributed by atoms with Crippen LogP contribution in [0.3, 0.4) is 0 Å². The molecule has 0 aliphatic carbocycles. The van der Waals surface area contributed by atoms with Crippen molar-refractivity contribution < 1.29 is 4.74 Å². The van der Waals surface area contributed by atoms with E-state index in [0.717, 1.165) is 53.0 Å². The van der Waals surface area contributed by atoms with Gasteiger partial charge >= 0.3 is 0 Å². The average molecular weight is 400 g/mol. The molecular weight excluding hydrogens is 376 g/mol. The summed E-state index contributed by atoms with van der Waals surface area (Å²) in [7, 11) is 0. The summed E-state index contributed by atoms with van der Waals surface area (Å²) >= 11 is 0. The molecule has 0 amide bonds. The molecule has 152 valence electrons. The van der Waals surface area contributed by atoms with Gasteiger partial charge in [0.05, 0.1) is 23.9 Å². The van der Waals surface area contributed by atoms with Crippen molar-refractivity contribution in [2.24, 2.45) is 0 Å². The van der Waals surface area contributed by atoms with Gasteiger partial charge in [0.25, 0.3) is 0 Å². The third kappa shape index (κ3) is 3.54. The molecule has 1 aliphatic rings. The van der Waals surface area contributed by atoms with Crippen molar-refractivity contribution >= 4 is 28.5 Å². The molecule has 7 heteroatoms. The molecule has 1 aliphatic heterocycles. The van der Waals surface area contributed by atoms with Crippen molar-refractivity contribution in [2.45, 2.75) is 19.8 Å². The Hall–Kier alpha value is -3.61. The summed E-state index contributed by atoms with van der Waals surface area (Å²) in [6, 6.07) is 18.0. The molecule has 1 saturated heterocycles. The van der Waals surface area contributed by atoms with Gasteiger partial charge < -0.3 is 15.0 Å². The van der Waals surface area contributed by atoms with Gasteiger partial charge in [0.15, 0.2) is 5.65 Å². The highest BCUT2D eigenvalue weighted by atomic mass is 16.5. The molecule has 5 rings (SSSR count). The SMILES string of the molecule is CCOc1ccc(Nc2nc(N3CCCC3)nc3c2cnn3-c2ccccc2)cc1. The fourth-order valence-corrected chi connectivity index (χ4v) is 3.75. The van der Waals surface area contributed by atoms with Crippen LogP contribution in [0.25, 0.3) is 16.7 Å². The second-order valence-corrected chi connectivity index (χ2v) is 7.28. The maximum Gasteiger partial charge on any atom is 0.229 e. The Bertz CT molecular complexity index is 1130. The predicted molar refractivity (Wildman–Crippen MR) is 119 cm³/mol. The molecule has 3 heterocycles. The molecule has 0 radical (unpaired) electrons. The molecule has 0 saturated carbocycles. The molecular formula is C23H24N6O. The minimum atomic E-state index is 0.650. The van der Waals surface area contributed by atoms with Crippen LogP contribution in [0.2, 0.25) is 0 Å². The molecule has 2 aromatic heterocycles. The van der Waals surface area contributed by atoms with Crippen LogP contribution in [-0.2, 0) is 0 Å². The lowest BCUT2D eigenvalue weighted by Crippen LogP contribution is -2.21. The summed E-state index contributed by atoms with van der Waals surface area (Å²) in [6.45, 7) is 4.59. The smallest absolute Gasteiger partial charge is 0.229 e. The van der Waals surface area contributed by atoms with E-state index in [1.165, 1.54) is 12.8 Å². The highest BCUT2D eigenvalue weighted by Gasteiger charge is 2.20. The lowest BCUT2D eigenvalue weighted by atomic mass is 10.3. The first-order chi connectivity index (χ1) is 14.8. The Balaban J connectivity index is 1.58. The van der Waals surface area contributed by atoms with Crippen molar-refractivity contribution in [3.8, 4) is 11.4 Å². The summed E-state index contributed by atoms with van der Waals surface area (Å²) in [4.78, 5) is 12.0. The second-order valence-electron chi connectivity index (χ2n) is 7.28. The van der Waals surface area contributed by atoms with Gasteiger partial charge in [-0.1, -0.05) is 18.2 Å². The van der Waals surface area contributed by atoms with E-state index in [1.807, 2.05) is 72.4 Å². The first-order valence-corrected chi connectivity index (χ1v) is 10.4. The van der Waals surface area contributed by atoms with Crippen molar-refractivity contribution in [3.05, 3.63) is 60.8 Å². The van der Waals surface area contributed by atoms with Crippen LogP contribution in [0.1, 0.15) is 19.8 Å². The van der Waals surface area contributed by atoms with Gasteiger partial charge in [0.2, 0.25) is 5.95 Å². The molecule has 7 nitrogen and oxygen atoms in total. The van der Waals surface area contributed by atoms with E-state index < -0.39 is 0 Å². The summed E-state index contributed by atoms with van der Waals surface area (Å²) < 4.78 is 7.42. The highest BCUT2D eigenvalue weighted by Crippen LogP contribution is 2.29. The van der Waals surface area contributed by atoms with E-state index in [1.54, 1.807) is 0 Å². The van der Waals surface area contributed by atoms with Crippen LogP contribution in [0.4, 0.5) is 17.5 Å². The molecule has 1 fully saturated rings. The average Bonchev–Trinajstić information content (AvgIpc) is 3.46. The van der Waals surface area contributed by atoms with E-state index in [4.69, 9.17) is 14.7 Å². The van der Waals surface area contributed by atoms with Crippen molar-refractivity contribution in [1.29, 1.82) is 0 Å². The van der Waals surface area contributed by atoms with Crippen LogP contribution < -0.4 is 15.0 Å². The maximum atomic E-state index is 5.55. The fourth-order valence-electron chi connectivity index (χ4n) is 3.75. The quantitative estimate of drug-likeness (QED) is 0.512. The van der Waals surface area contributed by atoms with E-state index in [9.17, 15) is 0 Å². The molecule has 4 aromatic rings. The number of nitrogens with zero attached hydrogens (tertiary/aromatic N) is 5. The molecule has 30 heavy (non-hydrogen) atoms. The van der Waals surface area contributed by atoms with E-state index in [0.29, 0.717) is 6.61 Å². The lowest BCUT2D eigenvalue weighted by molar-refractivity contribution is 0.340. The standard InChI is InChI=1S/C23H24N6O/c1-2-30-19-12-10-17(11-13-19)25-21-20-16-24-29(18-8-4-3-5-9-18)22(20)27-23(26-21)28-14-6-7-15-28/h3-5,8-13,16H,2,6-7,14-15H2,1H3,(H,25,26,27). The van der Waals surface area contributed by atoms with Gasteiger partial charge in [-0.3, -0.25) is 0 Å². The predicted octanol–water partition coefficient (Wildman–Crippen LogP) is 4.56. The number of hydrogen-bond acceptors (Lipinski definition) is 6. The minimum Gasteiger partial charge on any atom is -0.494 e. The fraction of sp³-hybridized carbons (Fsp3) is 0.261. The number of nitrogens with one attached hydrogen (secondary N) is 1. The number of hydrogen-bond donors (Lipinski definition) is 1. The molecule has 1 N–H and O–H groups in total. The maximum absolute atomic E-state index is 5.55. The number of anilines is 3. The van der Waals surface area contributed by atoms with Crippen molar-refractivity contribution in [2.75, 3.05) is 29.9 Å². The largest absolute Gasteiger partial charge is 0.494 e. The van der Waals surface area contributed by atoms with Gasteiger partial charge in [-0.2, -0.15) is 15.1 Å². The zero-order valence-electron chi connectivity index (χ0n) is 17.0. The molecule has 0 bridgehead atoms. The highest BCUT2D eigenvalue weighted by molar-refractivity contribution is 5.90. The monoisotopic (exact) mass is 400 g/mol. The Labute approximate surface area is 175 Å². The topological polar surface area (TPSA) is 68.1 Å². The summed E-state index contributed by atoms with van der Waals surface area (Å²) in [6.07, 6.45) is 4.16. The Kier molecular flexibility index (Phi) is 4.93. The van der Waals surface area contributed by atoms with Crippen LogP contribution in [0, 0.1) is 0 Å². The zero-order chi connectivity index (χ0) is 20.3. The van der Waals surface area contributed by atoms with Gasteiger partial charge in [0.1, 0.15) is 11.6 Å². The number of aromatic nitrogens is 4. The van der Waals surface area contributed by atoms with Crippen LogP contribution >= 0.6 is 0 Å². The van der Waals surface area contributed by atoms with Crippen molar-refractivity contribution in [3.63, 3.8) is 0 Å². The normalized spacial score (nSPS) is 13.7. The molecule has 0 atom stereocenters. The van der Waals surface area contributed by atoms with Crippen LogP contribution in [0.5, 0.6) is 5.75 Å². The number of rotatable bonds is 6. The van der Waals surface area contributed by atoms with E-state index >= 15 is 0 Å². The summed E-state index contributed by atoms with van der Waals surface area (Å²) in [5.74, 6) is 2.35. The van der Waals surface area contributed by atoms with E-state index in [2.05, 4.69) is 15.3 Å². The van der Waals surface area contributed by atoms with Gasteiger partial charge in [-0.15, -0.1) is 0 Å². The van der Waals surface area contributed by atoms with Gasteiger partial charge in [-0.25, -0.2) is 4.68 Å². The summed E-state index contributed by atoms with van der Waals surface area (Å²) in [5, 5.41) is 8.95. The lowest BCUT2D eigenvalue weighted by Gasteiger charge is -2.17. The van der Waals surface area contributed by atoms with Gasteiger partial charge in [-0.05, 0) is 56.2 Å². The van der Waals surface area contributed by atoms with Crippen LogP contribution in [-0.4, -0.2) is 39.4 Å². The van der Waals surface area contributed by atoms with E-state index in [-0.39, 0.29) is 0 Å². The molecule has 0 spiro atoms. The van der Waals surface area contributed by atoms with Crippen LogP contribution in [0.15, 0.2) is 60.8 Å². The van der Waals surface area contributed by atoms with Gasteiger partial charge in [0, 0.05) is 18.8 Å². The second kappa shape index (κ2) is 8.02. The number of ether oxygens (including phenoxy) is 1. The first-order valence-electron chi connectivity index (χ1n) is 10.4. The third-order valence-corrected chi connectivity index (χ3v) is 5.23. The van der Waals surface area contributed by atoms with Crippen molar-refractivity contribution in [1.82, 2.24) is 19.7 Å². The Morgan fingerprint density at radius 1 is 0.967 bits per heavy atom. The summed E-state index contributed by atoms with van der Waals surface area (Å²) in [5.41, 5.74) is 2.72. The molecule has 2 aromatic carbocycles.